The summed E-state index contributed by atoms with van der Waals surface area (Å²) in [4.78, 5) is 14.1. The molecule has 0 spiro atoms. The van der Waals surface area contributed by atoms with Crippen LogP contribution in [-0.4, -0.2) is 45.8 Å². The molecule has 0 unspecified atom stereocenters. The zero-order chi connectivity index (χ0) is 16.9. The van der Waals surface area contributed by atoms with Crippen LogP contribution in [0.2, 0.25) is 5.02 Å². The molecule has 0 radical (unpaired) electrons. The van der Waals surface area contributed by atoms with E-state index in [9.17, 15) is 4.79 Å². The van der Waals surface area contributed by atoms with Crippen molar-refractivity contribution in [1.29, 1.82) is 0 Å². The van der Waals surface area contributed by atoms with E-state index in [0.29, 0.717) is 48.7 Å². The van der Waals surface area contributed by atoms with Crippen LogP contribution in [0.5, 0.6) is 0 Å². The molecule has 3 rings (SSSR count). The zero-order valence-electron chi connectivity index (χ0n) is 13.3. The van der Waals surface area contributed by atoms with E-state index in [1.165, 1.54) is 0 Å². The largest absolute Gasteiger partial charge is 0.421 e. The predicted molar refractivity (Wildman–Crippen MR) is 89.5 cm³/mol. The first-order valence-corrected chi connectivity index (χ1v) is 8.50. The summed E-state index contributed by atoms with van der Waals surface area (Å²) in [6.45, 7) is 1.63. The van der Waals surface area contributed by atoms with Crippen molar-refractivity contribution in [1.82, 2.24) is 15.1 Å². The minimum absolute atomic E-state index is 0.0950. The molecule has 1 N–H and O–H groups in total. The molecule has 0 saturated carbocycles. The topological polar surface area (TPSA) is 79.5 Å². The van der Waals surface area contributed by atoms with Crippen LogP contribution >= 0.6 is 11.6 Å². The first-order valence-electron chi connectivity index (χ1n) is 8.12. The van der Waals surface area contributed by atoms with E-state index < -0.39 is 0 Å². The number of aliphatic hydroxyl groups excluding tert-OH is 1. The van der Waals surface area contributed by atoms with Gasteiger partial charge in [-0.05, 0) is 43.0 Å². The Morgan fingerprint density at radius 1 is 1.25 bits per heavy atom. The molecular weight excluding hydrogens is 330 g/mol. The third kappa shape index (κ3) is 4.13. The quantitative estimate of drug-likeness (QED) is 0.897. The highest BCUT2D eigenvalue weighted by molar-refractivity contribution is 6.30. The summed E-state index contributed by atoms with van der Waals surface area (Å²) < 4.78 is 5.61. The fourth-order valence-electron chi connectivity index (χ4n) is 2.80. The second-order valence-corrected chi connectivity index (χ2v) is 6.45. The Bertz CT molecular complexity index is 679. The highest BCUT2D eigenvalue weighted by Crippen LogP contribution is 2.21. The fraction of sp³-hybridized carbons (Fsp3) is 0.471. The molecule has 6 nitrogen and oxygen atoms in total. The maximum atomic E-state index is 12.2. The van der Waals surface area contributed by atoms with Crippen LogP contribution in [0.25, 0.3) is 11.5 Å². The van der Waals surface area contributed by atoms with Crippen molar-refractivity contribution in [3.05, 3.63) is 35.2 Å². The molecule has 0 atom stereocenters. The van der Waals surface area contributed by atoms with Crippen molar-refractivity contribution >= 4 is 17.5 Å². The van der Waals surface area contributed by atoms with Gasteiger partial charge in [0.15, 0.2) is 0 Å². The first-order chi connectivity index (χ1) is 11.7. The summed E-state index contributed by atoms with van der Waals surface area (Å²) >= 11 is 5.86. The normalized spacial score (nSPS) is 15.7. The standard InChI is InChI=1S/C17H20ClN3O3/c18-14-3-1-13(2-4-14)17-20-19-15(24-17)5-6-16(23)21-9-7-12(11-22)8-10-21/h1-4,12,22H,5-11H2. The van der Waals surface area contributed by atoms with E-state index >= 15 is 0 Å². The second kappa shape index (κ2) is 7.77. The van der Waals surface area contributed by atoms with Crippen molar-refractivity contribution in [3.63, 3.8) is 0 Å². The maximum absolute atomic E-state index is 12.2. The number of piperidine rings is 1. The molecule has 0 bridgehead atoms. The van der Waals surface area contributed by atoms with E-state index in [2.05, 4.69) is 10.2 Å². The van der Waals surface area contributed by atoms with Crippen LogP contribution < -0.4 is 0 Å². The molecular formula is C17H20ClN3O3. The monoisotopic (exact) mass is 349 g/mol. The number of aromatic nitrogens is 2. The molecule has 1 aromatic carbocycles. The van der Waals surface area contributed by atoms with Gasteiger partial charge < -0.3 is 14.4 Å². The number of hydrogen-bond acceptors (Lipinski definition) is 5. The molecule has 1 aromatic heterocycles. The van der Waals surface area contributed by atoms with Gasteiger partial charge in [0.25, 0.3) is 0 Å². The van der Waals surface area contributed by atoms with Gasteiger partial charge in [-0.15, -0.1) is 10.2 Å². The molecule has 24 heavy (non-hydrogen) atoms. The Balaban J connectivity index is 1.52. The lowest BCUT2D eigenvalue weighted by atomic mass is 9.97. The number of aryl methyl sites for hydroxylation is 1. The Kier molecular flexibility index (Phi) is 5.48. The molecule has 2 aromatic rings. The second-order valence-electron chi connectivity index (χ2n) is 6.01. The number of carbonyl (C=O) groups excluding carboxylic acids is 1. The molecule has 7 heteroatoms. The Hall–Kier alpha value is -1.92. The van der Waals surface area contributed by atoms with Gasteiger partial charge >= 0.3 is 0 Å². The minimum Gasteiger partial charge on any atom is -0.421 e. The summed E-state index contributed by atoms with van der Waals surface area (Å²) in [5, 5.41) is 17.8. The van der Waals surface area contributed by atoms with Gasteiger partial charge in [-0.3, -0.25) is 4.79 Å². The Labute approximate surface area is 145 Å². The molecule has 1 amide bonds. The number of aliphatic hydroxyl groups is 1. The first kappa shape index (κ1) is 16.9. The van der Waals surface area contributed by atoms with Crippen LogP contribution in [0.15, 0.2) is 28.7 Å². The van der Waals surface area contributed by atoms with Crippen LogP contribution in [0.1, 0.15) is 25.2 Å². The molecule has 1 aliphatic heterocycles. The van der Waals surface area contributed by atoms with Crippen molar-refractivity contribution in [2.24, 2.45) is 5.92 Å². The molecule has 2 heterocycles. The number of nitrogens with zero attached hydrogens (tertiary/aromatic N) is 3. The molecule has 1 saturated heterocycles. The zero-order valence-corrected chi connectivity index (χ0v) is 14.1. The number of rotatable bonds is 5. The average molecular weight is 350 g/mol. The lowest BCUT2D eigenvalue weighted by Gasteiger charge is -2.31. The van der Waals surface area contributed by atoms with Gasteiger partial charge in [0, 0.05) is 43.1 Å². The third-order valence-corrected chi connectivity index (χ3v) is 4.59. The van der Waals surface area contributed by atoms with E-state index in [0.717, 1.165) is 18.4 Å². The van der Waals surface area contributed by atoms with Gasteiger partial charge in [-0.25, -0.2) is 0 Å². The number of likely N-dealkylation sites (tertiary alicyclic amines) is 1. The van der Waals surface area contributed by atoms with Gasteiger partial charge in [0.05, 0.1) is 0 Å². The van der Waals surface area contributed by atoms with Crippen LogP contribution in [-0.2, 0) is 11.2 Å². The number of amides is 1. The summed E-state index contributed by atoms with van der Waals surface area (Å²) in [5.41, 5.74) is 0.801. The van der Waals surface area contributed by atoms with E-state index in [1.54, 1.807) is 12.1 Å². The highest BCUT2D eigenvalue weighted by atomic mass is 35.5. The number of halogens is 1. The smallest absolute Gasteiger partial charge is 0.247 e. The highest BCUT2D eigenvalue weighted by Gasteiger charge is 2.22. The average Bonchev–Trinajstić information content (AvgIpc) is 3.09. The number of benzene rings is 1. The van der Waals surface area contributed by atoms with Crippen molar-refractivity contribution < 1.29 is 14.3 Å². The van der Waals surface area contributed by atoms with Gasteiger partial charge in [0.1, 0.15) is 0 Å². The minimum atomic E-state index is 0.0950. The van der Waals surface area contributed by atoms with Gasteiger partial charge in [-0.2, -0.15) is 0 Å². The molecule has 1 fully saturated rings. The van der Waals surface area contributed by atoms with E-state index in [4.69, 9.17) is 21.1 Å². The predicted octanol–water partition coefficient (Wildman–Crippen LogP) is 2.55. The van der Waals surface area contributed by atoms with Crippen molar-refractivity contribution in [2.45, 2.75) is 25.7 Å². The fourth-order valence-corrected chi connectivity index (χ4v) is 2.93. The van der Waals surface area contributed by atoms with Gasteiger partial charge in [0.2, 0.25) is 17.7 Å². The maximum Gasteiger partial charge on any atom is 0.247 e. The SMILES string of the molecule is O=C(CCc1nnc(-c2ccc(Cl)cc2)o1)N1CCC(CO)CC1. The number of hydrogen-bond donors (Lipinski definition) is 1. The third-order valence-electron chi connectivity index (χ3n) is 4.34. The summed E-state index contributed by atoms with van der Waals surface area (Å²) in [6.07, 6.45) is 2.51. The van der Waals surface area contributed by atoms with Crippen LogP contribution in [0.4, 0.5) is 0 Å². The van der Waals surface area contributed by atoms with E-state index in [-0.39, 0.29) is 12.5 Å². The van der Waals surface area contributed by atoms with E-state index in [1.807, 2.05) is 17.0 Å². The van der Waals surface area contributed by atoms with Crippen molar-refractivity contribution in [2.75, 3.05) is 19.7 Å². The van der Waals surface area contributed by atoms with Crippen LogP contribution in [0, 0.1) is 5.92 Å². The summed E-state index contributed by atoms with van der Waals surface area (Å²) in [7, 11) is 0. The summed E-state index contributed by atoms with van der Waals surface area (Å²) in [5.74, 6) is 1.31. The lowest BCUT2D eigenvalue weighted by molar-refractivity contribution is -0.132. The molecule has 1 aliphatic rings. The Morgan fingerprint density at radius 2 is 1.96 bits per heavy atom. The number of carbonyl (C=O) groups is 1. The summed E-state index contributed by atoms with van der Waals surface area (Å²) in [6, 6.07) is 7.16. The lowest BCUT2D eigenvalue weighted by Crippen LogP contribution is -2.39. The molecule has 0 aliphatic carbocycles. The Morgan fingerprint density at radius 3 is 2.62 bits per heavy atom. The molecule has 128 valence electrons. The van der Waals surface area contributed by atoms with Crippen LogP contribution in [0.3, 0.4) is 0 Å². The van der Waals surface area contributed by atoms with Gasteiger partial charge in [-0.1, -0.05) is 11.6 Å². The van der Waals surface area contributed by atoms with Crippen molar-refractivity contribution in [3.8, 4) is 11.5 Å².